The Morgan fingerprint density at radius 1 is 0.964 bits per heavy atom. The maximum Gasteiger partial charge on any atom is 0.306 e. The van der Waals surface area contributed by atoms with Crippen LogP contribution in [0.2, 0.25) is 0 Å². The van der Waals surface area contributed by atoms with E-state index in [9.17, 15) is 29.4 Å². The minimum Gasteiger partial charge on any atom is -0.481 e. The third kappa shape index (κ3) is 12.4. The molecule has 0 spiro atoms. The maximum absolute atomic E-state index is 14.8. The van der Waals surface area contributed by atoms with E-state index in [1.165, 1.54) is 11.3 Å². The first-order valence-corrected chi connectivity index (χ1v) is 20.6. The number of aliphatic hydroxyl groups excluding tert-OH is 1. The lowest BCUT2D eigenvalue weighted by Crippen LogP contribution is -2.58. The van der Waals surface area contributed by atoms with Crippen LogP contribution in [0.5, 0.6) is 0 Å². The normalized spacial score (nSPS) is 18.1. The summed E-state index contributed by atoms with van der Waals surface area (Å²) in [4.78, 5) is 62.1. The number of likely N-dealkylation sites (N-methyl/N-ethyl adjacent to an activating group) is 1. The van der Waals surface area contributed by atoms with Crippen molar-refractivity contribution in [1.82, 2.24) is 25.4 Å². The lowest BCUT2D eigenvalue weighted by Gasteiger charge is -2.40. The number of carboxylic acid groups (broad SMARTS) is 1. The van der Waals surface area contributed by atoms with Crippen LogP contribution in [0.15, 0.2) is 60.0 Å². The van der Waals surface area contributed by atoms with E-state index in [0.29, 0.717) is 24.4 Å². The number of aliphatic hydroxyl groups is 1. The van der Waals surface area contributed by atoms with Crippen molar-refractivity contribution in [2.45, 2.75) is 123 Å². The second-order valence-corrected chi connectivity index (χ2v) is 16.7. The third-order valence-corrected chi connectivity index (χ3v) is 11.9. The predicted molar refractivity (Wildman–Crippen MR) is 217 cm³/mol. The summed E-state index contributed by atoms with van der Waals surface area (Å²) in [6, 6.07) is 15.7. The number of likely N-dealkylation sites (tertiary alicyclic amines) is 1. The summed E-state index contributed by atoms with van der Waals surface area (Å²) in [5.41, 5.74) is 3.16. The van der Waals surface area contributed by atoms with Crippen LogP contribution in [0.1, 0.15) is 111 Å². The van der Waals surface area contributed by atoms with Gasteiger partial charge in [-0.2, -0.15) is 0 Å². The van der Waals surface area contributed by atoms with Crippen molar-refractivity contribution in [2.75, 3.05) is 13.6 Å². The molecule has 12 heteroatoms. The topological polar surface area (TPSA) is 152 Å². The minimum atomic E-state index is -1.08. The van der Waals surface area contributed by atoms with Gasteiger partial charge >= 0.3 is 5.97 Å². The first-order valence-electron chi connectivity index (χ1n) is 19.8. The van der Waals surface area contributed by atoms with Crippen molar-refractivity contribution in [1.29, 1.82) is 0 Å². The zero-order chi connectivity index (χ0) is 40.2. The number of carboxylic acids is 1. The Morgan fingerprint density at radius 2 is 1.65 bits per heavy atom. The molecule has 0 saturated carbocycles. The van der Waals surface area contributed by atoms with E-state index in [-0.39, 0.29) is 48.2 Å². The van der Waals surface area contributed by atoms with Crippen molar-refractivity contribution in [3.8, 4) is 0 Å². The highest BCUT2D eigenvalue weighted by molar-refractivity contribution is 7.09. The number of aliphatic carboxylic acids is 1. The van der Waals surface area contributed by atoms with Gasteiger partial charge < -0.3 is 25.7 Å². The molecular weight excluding hydrogens is 715 g/mol. The summed E-state index contributed by atoms with van der Waals surface area (Å²) < 4.78 is 0. The molecule has 3 amide bonds. The number of amides is 3. The minimum absolute atomic E-state index is 0.0680. The van der Waals surface area contributed by atoms with E-state index < -0.39 is 42.0 Å². The zero-order valence-corrected chi connectivity index (χ0v) is 34.4. The third-order valence-electron chi connectivity index (χ3n) is 11.0. The van der Waals surface area contributed by atoms with Crippen LogP contribution in [0.25, 0.3) is 0 Å². The lowest BCUT2D eigenvalue weighted by molar-refractivity contribution is -0.143. The summed E-state index contributed by atoms with van der Waals surface area (Å²) in [5.74, 6) is -2.56. The smallest absolute Gasteiger partial charge is 0.306 e. The van der Waals surface area contributed by atoms with Gasteiger partial charge in [0.15, 0.2) is 0 Å². The molecule has 2 heterocycles. The summed E-state index contributed by atoms with van der Waals surface area (Å²) in [5, 5.41) is 29.4. The number of carbonyl (C=O) groups excluding carboxylic acids is 3. The Labute approximate surface area is 330 Å². The zero-order valence-electron chi connectivity index (χ0n) is 33.5. The predicted octanol–water partition coefficient (Wildman–Crippen LogP) is 6.40. The van der Waals surface area contributed by atoms with Gasteiger partial charge in [-0.3, -0.25) is 24.1 Å². The van der Waals surface area contributed by atoms with Crippen molar-refractivity contribution >= 4 is 35.0 Å². The van der Waals surface area contributed by atoms with Gasteiger partial charge in [0.2, 0.25) is 11.8 Å². The van der Waals surface area contributed by atoms with Crippen LogP contribution < -0.4 is 10.6 Å². The van der Waals surface area contributed by atoms with Crippen LogP contribution in [0.4, 0.5) is 0 Å². The summed E-state index contributed by atoms with van der Waals surface area (Å²) >= 11 is 1.17. The second-order valence-electron chi connectivity index (χ2n) is 15.8. The van der Waals surface area contributed by atoms with Crippen LogP contribution >= 0.6 is 11.3 Å². The van der Waals surface area contributed by atoms with E-state index in [1.54, 1.807) is 12.3 Å². The molecule has 55 heavy (non-hydrogen) atoms. The van der Waals surface area contributed by atoms with Crippen LogP contribution in [0.3, 0.4) is 0 Å². The molecule has 4 rings (SSSR count). The lowest BCUT2D eigenvalue weighted by atomic mass is 9.91. The summed E-state index contributed by atoms with van der Waals surface area (Å²) in [7, 11) is 1.96. The molecule has 1 fully saturated rings. The highest BCUT2D eigenvalue weighted by Gasteiger charge is 2.38. The molecule has 11 nitrogen and oxygen atoms in total. The number of piperidine rings is 1. The maximum atomic E-state index is 14.8. The first-order chi connectivity index (χ1) is 26.2. The molecule has 4 N–H and O–H groups in total. The number of nitrogens with zero attached hydrogens (tertiary/aromatic N) is 3. The Morgan fingerprint density at radius 3 is 2.27 bits per heavy atom. The average molecular weight is 776 g/mol. The molecule has 1 aliphatic heterocycles. The van der Waals surface area contributed by atoms with Gasteiger partial charge in [-0.1, -0.05) is 108 Å². The molecule has 1 aliphatic rings. The van der Waals surface area contributed by atoms with E-state index in [2.05, 4.69) is 20.5 Å². The molecule has 0 aliphatic carbocycles. The second kappa shape index (κ2) is 20.7. The van der Waals surface area contributed by atoms with Gasteiger partial charge in [-0.25, -0.2) is 4.98 Å². The number of aromatic nitrogens is 1. The molecule has 300 valence electrons. The fourth-order valence-electron chi connectivity index (χ4n) is 7.28. The largest absolute Gasteiger partial charge is 0.481 e. The number of nitrogens with one attached hydrogen (secondary N) is 2. The monoisotopic (exact) mass is 775 g/mol. The number of aryl methyl sites for hydroxylation is 1. The van der Waals surface area contributed by atoms with Gasteiger partial charge in [-0.15, -0.1) is 11.3 Å². The standard InChI is InChI=1S/C43H61N5O6S/c1-8-29(5)38(46-40(51)35-16-12-13-21-47(35)7)42(52)48(25-32-14-10-9-11-15-32)36(27(2)3)24-37(49)41-45-34(26-55-41)39(50)44-33(22-30(6)43(53)54)23-31-19-17-28(4)18-20-31/h9-11,14-15,17-20,26-27,29-30,33,35-38,49H,8,12-13,16,21-25H2,1-7H3,(H,44,50)(H,46,51)(H,53,54). The molecule has 3 aromatic rings. The fraction of sp³-hybridized carbons (Fsp3) is 0.558. The van der Waals surface area contributed by atoms with Gasteiger partial charge in [0.1, 0.15) is 22.8 Å². The number of hydrogen-bond donors (Lipinski definition) is 4. The molecule has 0 radical (unpaired) electrons. The summed E-state index contributed by atoms with van der Waals surface area (Å²) in [6.07, 6.45) is 3.25. The number of hydrogen-bond acceptors (Lipinski definition) is 8. The molecule has 1 aromatic heterocycles. The fourth-order valence-corrected chi connectivity index (χ4v) is 8.08. The van der Waals surface area contributed by atoms with Crippen LogP contribution in [-0.2, 0) is 27.3 Å². The first kappa shape index (κ1) is 43.6. The molecule has 1 saturated heterocycles. The van der Waals surface area contributed by atoms with Crippen LogP contribution in [-0.4, -0.2) is 86.4 Å². The van der Waals surface area contributed by atoms with Gasteiger partial charge in [0.25, 0.3) is 5.91 Å². The number of rotatable bonds is 19. The molecule has 7 unspecified atom stereocenters. The Balaban J connectivity index is 1.56. The van der Waals surface area contributed by atoms with Crippen molar-refractivity contribution in [3.05, 3.63) is 87.4 Å². The van der Waals surface area contributed by atoms with E-state index in [4.69, 9.17) is 0 Å². The number of benzene rings is 2. The number of thiazole rings is 1. The Hall–Kier alpha value is -4.13. The quantitative estimate of drug-likeness (QED) is 0.109. The van der Waals surface area contributed by atoms with Gasteiger partial charge in [-0.05, 0) is 69.2 Å². The number of carbonyl (C=O) groups is 4. The van der Waals surface area contributed by atoms with Gasteiger partial charge in [0.05, 0.1) is 12.0 Å². The summed E-state index contributed by atoms with van der Waals surface area (Å²) in [6.45, 7) is 12.8. The highest BCUT2D eigenvalue weighted by atomic mass is 32.1. The highest BCUT2D eigenvalue weighted by Crippen LogP contribution is 2.30. The molecule has 7 atom stereocenters. The van der Waals surface area contributed by atoms with Crippen molar-refractivity contribution in [2.24, 2.45) is 17.8 Å². The SMILES string of the molecule is CCC(C)C(NC(=O)C1CCCCN1C)C(=O)N(Cc1ccccc1)C(CC(O)c1nc(C(=O)NC(Cc2ccc(C)cc2)CC(C)C(=O)O)cs1)C(C)C. The van der Waals surface area contributed by atoms with E-state index in [0.717, 1.165) is 42.5 Å². The van der Waals surface area contributed by atoms with E-state index in [1.807, 2.05) is 101 Å². The molecule has 0 bridgehead atoms. The van der Waals surface area contributed by atoms with Crippen molar-refractivity contribution < 1.29 is 29.4 Å². The van der Waals surface area contributed by atoms with E-state index >= 15 is 0 Å². The Kier molecular flexibility index (Phi) is 16.4. The Bertz CT molecular complexity index is 1700. The molecular formula is C43H61N5O6S. The van der Waals surface area contributed by atoms with Crippen LogP contribution in [0, 0.1) is 24.7 Å². The average Bonchev–Trinajstić information content (AvgIpc) is 3.67. The van der Waals surface area contributed by atoms with Crippen molar-refractivity contribution in [3.63, 3.8) is 0 Å². The van der Waals surface area contributed by atoms with Gasteiger partial charge in [0, 0.05) is 30.4 Å². The molecule has 2 aromatic carbocycles.